The van der Waals surface area contributed by atoms with Crippen molar-refractivity contribution in [2.24, 2.45) is 5.73 Å². The van der Waals surface area contributed by atoms with E-state index in [1.807, 2.05) is 12.1 Å². The summed E-state index contributed by atoms with van der Waals surface area (Å²) in [6, 6.07) is 6.31. The van der Waals surface area contributed by atoms with Crippen LogP contribution in [0, 0.1) is 11.6 Å². The van der Waals surface area contributed by atoms with Crippen molar-refractivity contribution in [3.05, 3.63) is 59.4 Å². The zero-order valence-electron chi connectivity index (χ0n) is 11.3. The lowest BCUT2D eigenvalue weighted by molar-refractivity contribution is 0.573. The molecule has 0 fully saturated rings. The summed E-state index contributed by atoms with van der Waals surface area (Å²) in [6.07, 6.45) is 3.77. The van der Waals surface area contributed by atoms with Gasteiger partial charge in [-0.1, -0.05) is 0 Å². The Hall–Kier alpha value is -2.01. The second-order valence-corrected chi connectivity index (χ2v) is 4.66. The van der Waals surface area contributed by atoms with Gasteiger partial charge in [0, 0.05) is 26.0 Å². The number of halogens is 2. The van der Waals surface area contributed by atoms with E-state index in [0.717, 1.165) is 5.56 Å². The van der Waals surface area contributed by atoms with Crippen LogP contribution in [0.3, 0.4) is 0 Å². The van der Waals surface area contributed by atoms with Crippen LogP contribution in [0.2, 0.25) is 0 Å². The van der Waals surface area contributed by atoms with Gasteiger partial charge in [0.2, 0.25) is 0 Å². The molecule has 0 atom stereocenters. The summed E-state index contributed by atoms with van der Waals surface area (Å²) in [5.41, 5.74) is 6.88. The van der Waals surface area contributed by atoms with Crippen molar-refractivity contribution in [3.8, 4) is 0 Å². The highest BCUT2D eigenvalue weighted by Gasteiger charge is 2.15. The van der Waals surface area contributed by atoms with Gasteiger partial charge in [-0.15, -0.1) is 0 Å². The number of rotatable bonds is 5. The molecule has 2 rings (SSSR count). The molecule has 1 heterocycles. The molecule has 20 heavy (non-hydrogen) atoms. The average Bonchev–Trinajstić information content (AvgIpc) is 2.39. The van der Waals surface area contributed by atoms with Gasteiger partial charge in [0.25, 0.3) is 0 Å². The minimum absolute atomic E-state index is 0.0254. The number of hydrogen-bond acceptors (Lipinski definition) is 3. The Labute approximate surface area is 117 Å². The molecule has 0 unspecified atom stereocenters. The smallest absolute Gasteiger partial charge is 0.149 e. The molecule has 3 nitrogen and oxygen atoms in total. The molecule has 1 aromatic carbocycles. The Kier molecular flexibility index (Phi) is 4.63. The first-order valence-electron chi connectivity index (χ1n) is 6.40. The minimum atomic E-state index is -0.565. The lowest BCUT2D eigenvalue weighted by atomic mass is 10.1. The molecular weight excluding hydrogens is 260 g/mol. The fraction of sp³-hybridized carbons (Fsp3) is 0.267. The number of aromatic nitrogens is 1. The number of pyridine rings is 1. The number of nitrogens with two attached hydrogens (primary N) is 1. The Balaban J connectivity index is 2.23. The van der Waals surface area contributed by atoms with Crippen LogP contribution in [0.15, 0.2) is 36.7 Å². The summed E-state index contributed by atoms with van der Waals surface area (Å²) in [6.45, 7) is 0.775. The lowest BCUT2D eigenvalue weighted by Crippen LogP contribution is -2.19. The van der Waals surface area contributed by atoms with Gasteiger partial charge in [-0.3, -0.25) is 4.98 Å². The SMILES string of the molecule is CN(Cc1ccncc1)c1c(F)cc(CCN)cc1F. The van der Waals surface area contributed by atoms with Crippen LogP contribution in [-0.2, 0) is 13.0 Å². The fourth-order valence-corrected chi connectivity index (χ4v) is 2.13. The predicted molar refractivity (Wildman–Crippen MR) is 75.5 cm³/mol. The largest absolute Gasteiger partial charge is 0.366 e. The molecule has 0 aliphatic heterocycles. The molecule has 1 aromatic heterocycles. The fourth-order valence-electron chi connectivity index (χ4n) is 2.13. The summed E-state index contributed by atoms with van der Waals surface area (Å²) in [5.74, 6) is -1.13. The summed E-state index contributed by atoms with van der Waals surface area (Å²) < 4.78 is 28.1. The van der Waals surface area contributed by atoms with Crippen LogP contribution >= 0.6 is 0 Å². The van der Waals surface area contributed by atoms with E-state index in [4.69, 9.17) is 5.73 Å². The van der Waals surface area contributed by atoms with E-state index in [2.05, 4.69) is 4.98 Å². The Morgan fingerprint density at radius 2 is 1.70 bits per heavy atom. The quantitative estimate of drug-likeness (QED) is 0.913. The second kappa shape index (κ2) is 6.43. The number of benzene rings is 1. The average molecular weight is 277 g/mol. The van der Waals surface area contributed by atoms with Crippen LogP contribution in [-0.4, -0.2) is 18.6 Å². The Bertz CT molecular complexity index is 550. The monoisotopic (exact) mass is 277 g/mol. The number of hydrogen-bond donors (Lipinski definition) is 1. The maximum Gasteiger partial charge on any atom is 0.149 e. The van der Waals surface area contributed by atoms with Crippen LogP contribution in [0.25, 0.3) is 0 Å². The molecule has 0 bridgehead atoms. The highest BCUT2D eigenvalue weighted by Crippen LogP contribution is 2.25. The minimum Gasteiger partial charge on any atom is -0.366 e. The van der Waals surface area contributed by atoms with Crippen LogP contribution in [0.4, 0.5) is 14.5 Å². The highest BCUT2D eigenvalue weighted by molar-refractivity contribution is 5.50. The van der Waals surface area contributed by atoms with Crippen LogP contribution < -0.4 is 10.6 Å². The van der Waals surface area contributed by atoms with E-state index in [1.54, 1.807) is 24.3 Å². The number of anilines is 1. The highest BCUT2D eigenvalue weighted by atomic mass is 19.1. The van der Waals surface area contributed by atoms with Gasteiger partial charge >= 0.3 is 0 Å². The molecule has 0 aliphatic rings. The molecule has 2 N–H and O–H groups in total. The molecule has 5 heteroatoms. The van der Waals surface area contributed by atoms with Crippen molar-refractivity contribution in [2.75, 3.05) is 18.5 Å². The van der Waals surface area contributed by atoms with Gasteiger partial charge in [0.15, 0.2) is 0 Å². The van der Waals surface area contributed by atoms with Crippen LogP contribution in [0.5, 0.6) is 0 Å². The van der Waals surface area contributed by atoms with E-state index in [-0.39, 0.29) is 5.69 Å². The van der Waals surface area contributed by atoms with Crippen molar-refractivity contribution in [1.82, 2.24) is 4.98 Å². The van der Waals surface area contributed by atoms with Gasteiger partial charge in [-0.25, -0.2) is 8.78 Å². The first-order chi connectivity index (χ1) is 9.61. The second-order valence-electron chi connectivity index (χ2n) is 4.66. The molecule has 0 aliphatic carbocycles. The van der Waals surface area contributed by atoms with E-state index in [1.165, 1.54) is 12.1 Å². The molecule has 0 amide bonds. The maximum atomic E-state index is 14.1. The Morgan fingerprint density at radius 3 is 2.25 bits per heavy atom. The van der Waals surface area contributed by atoms with Crippen molar-refractivity contribution in [1.29, 1.82) is 0 Å². The summed E-state index contributed by atoms with van der Waals surface area (Å²) in [7, 11) is 1.66. The standard InChI is InChI=1S/C15H17F2N3/c1-20(10-11-3-6-19-7-4-11)15-13(16)8-12(2-5-18)9-14(15)17/h3-4,6-9H,2,5,10,18H2,1H3. The lowest BCUT2D eigenvalue weighted by Gasteiger charge is -2.21. The van der Waals surface area contributed by atoms with E-state index >= 15 is 0 Å². The van der Waals surface area contributed by atoms with Gasteiger partial charge in [0.1, 0.15) is 17.3 Å². The first-order valence-corrected chi connectivity index (χ1v) is 6.40. The third kappa shape index (κ3) is 3.30. The zero-order chi connectivity index (χ0) is 14.5. The van der Waals surface area contributed by atoms with Crippen LogP contribution in [0.1, 0.15) is 11.1 Å². The van der Waals surface area contributed by atoms with E-state index in [0.29, 0.717) is 25.1 Å². The normalized spacial score (nSPS) is 10.6. The molecule has 0 spiro atoms. The van der Waals surface area contributed by atoms with Gasteiger partial charge in [-0.05, 0) is 48.4 Å². The van der Waals surface area contributed by atoms with Crippen molar-refractivity contribution in [2.45, 2.75) is 13.0 Å². The Morgan fingerprint density at radius 1 is 1.10 bits per heavy atom. The van der Waals surface area contributed by atoms with E-state index < -0.39 is 11.6 Å². The molecular formula is C15H17F2N3. The zero-order valence-corrected chi connectivity index (χ0v) is 11.3. The predicted octanol–water partition coefficient (Wildman–Crippen LogP) is 2.50. The topological polar surface area (TPSA) is 42.2 Å². The summed E-state index contributed by atoms with van der Waals surface area (Å²) in [5, 5.41) is 0. The third-order valence-corrected chi connectivity index (χ3v) is 3.06. The molecule has 106 valence electrons. The molecule has 2 aromatic rings. The third-order valence-electron chi connectivity index (χ3n) is 3.06. The molecule has 0 saturated carbocycles. The summed E-state index contributed by atoms with van der Waals surface area (Å²) in [4.78, 5) is 5.46. The van der Waals surface area contributed by atoms with E-state index in [9.17, 15) is 8.78 Å². The van der Waals surface area contributed by atoms with Crippen molar-refractivity contribution in [3.63, 3.8) is 0 Å². The maximum absolute atomic E-state index is 14.1. The van der Waals surface area contributed by atoms with Gasteiger partial charge < -0.3 is 10.6 Å². The van der Waals surface area contributed by atoms with Gasteiger partial charge in [-0.2, -0.15) is 0 Å². The first kappa shape index (κ1) is 14.4. The molecule has 0 saturated heterocycles. The summed E-state index contributed by atoms with van der Waals surface area (Å²) >= 11 is 0. The number of nitrogens with zero attached hydrogens (tertiary/aromatic N) is 2. The van der Waals surface area contributed by atoms with Gasteiger partial charge in [0.05, 0.1) is 0 Å². The molecule has 0 radical (unpaired) electrons. The van der Waals surface area contributed by atoms with Crippen molar-refractivity contribution >= 4 is 5.69 Å². The van der Waals surface area contributed by atoms with Crippen molar-refractivity contribution < 1.29 is 8.78 Å².